The molecule has 170 valence electrons. The third kappa shape index (κ3) is 5.25. The number of nitrogens with one attached hydrogen (secondary N) is 2. The summed E-state index contributed by atoms with van der Waals surface area (Å²) >= 11 is 0. The van der Waals surface area contributed by atoms with Crippen molar-refractivity contribution in [3.63, 3.8) is 0 Å². The number of benzene rings is 4. The van der Waals surface area contributed by atoms with Crippen LogP contribution in [0.15, 0.2) is 101 Å². The van der Waals surface area contributed by atoms with Crippen LogP contribution in [-0.2, 0) is 10.0 Å². The molecule has 9 nitrogen and oxygen atoms in total. The van der Waals surface area contributed by atoms with Crippen LogP contribution in [0.5, 0.6) is 0 Å². The number of hydrogen-bond acceptors (Lipinski definition) is 6. The minimum Gasteiger partial charge on any atom is -0.322 e. The summed E-state index contributed by atoms with van der Waals surface area (Å²) in [6.45, 7) is 0. The minimum atomic E-state index is -3.83. The lowest BCUT2D eigenvalue weighted by atomic mass is 10.1. The summed E-state index contributed by atoms with van der Waals surface area (Å²) in [5.41, 5.74) is 1.28. The molecule has 10 heteroatoms. The first-order valence-electron chi connectivity index (χ1n) is 10.0. The molecule has 4 aromatic carbocycles. The smallest absolute Gasteiger partial charge is 0.276 e. The van der Waals surface area contributed by atoms with Crippen LogP contribution < -0.4 is 10.1 Å². The van der Waals surface area contributed by atoms with E-state index in [2.05, 4.69) is 15.2 Å². The quantitative estimate of drug-likeness (QED) is 0.234. The fourth-order valence-corrected chi connectivity index (χ4v) is 3.97. The summed E-state index contributed by atoms with van der Waals surface area (Å²) in [7, 11) is -3.83. The van der Waals surface area contributed by atoms with Crippen LogP contribution in [0.25, 0.3) is 10.8 Å². The fourth-order valence-electron chi connectivity index (χ4n) is 3.15. The van der Waals surface area contributed by atoms with E-state index in [1.54, 1.807) is 36.4 Å². The van der Waals surface area contributed by atoms with Crippen LogP contribution in [0, 0.1) is 10.1 Å². The monoisotopic (exact) mass is 474 g/mol. The van der Waals surface area contributed by atoms with Gasteiger partial charge in [-0.25, -0.2) is 4.83 Å². The van der Waals surface area contributed by atoms with E-state index in [9.17, 15) is 23.3 Å². The van der Waals surface area contributed by atoms with Crippen molar-refractivity contribution < 1.29 is 18.1 Å². The van der Waals surface area contributed by atoms with E-state index in [4.69, 9.17) is 0 Å². The predicted octanol–water partition coefficient (Wildman–Crippen LogP) is 4.31. The molecule has 4 rings (SSSR count). The number of hydrogen-bond donors (Lipinski definition) is 2. The highest BCUT2D eigenvalue weighted by molar-refractivity contribution is 7.89. The maximum Gasteiger partial charge on any atom is 0.276 e. The lowest BCUT2D eigenvalue weighted by Crippen LogP contribution is -2.18. The lowest BCUT2D eigenvalue weighted by Gasteiger charge is -2.06. The Morgan fingerprint density at radius 1 is 0.882 bits per heavy atom. The molecule has 0 saturated heterocycles. The standard InChI is InChI=1S/C24H18N4O5S/c29-24(19-7-12-22(13-8-19)28(30)31)26-21-10-5-17(6-11-21)16-25-27-34(32,33)23-14-9-18-3-1-2-4-20(18)15-23/h1-16,27H,(H,26,29)/b25-16-. The van der Waals surface area contributed by atoms with Gasteiger partial charge in [0.25, 0.3) is 21.6 Å². The van der Waals surface area contributed by atoms with Gasteiger partial charge in [0, 0.05) is 23.4 Å². The second kappa shape index (κ2) is 9.51. The number of carbonyl (C=O) groups excluding carboxylic acids is 1. The van der Waals surface area contributed by atoms with E-state index in [1.807, 2.05) is 24.3 Å². The molecule has 0 heterocycles. The molecule has 0 radical (unpaired) electrons. The third-order valence-corrected chi connectivity index (χ3v) is 6.15. The molecule has 0 atom stereocenters. The first-order chi connectivity index (χ1) is 16.3. The molecular formula is C24H18N4O5S. The molecule has 0 aliphatic rings. The average Bonchev–Trinajstić information content (AvgIpc) is 2.84. The summed E-state index contributed by atoms with van der Waals surface area (Å²) < 4.78 is 25.0. The van der Waals surface area contributed by atoms with E-state index >= 15 is 0 Å². The molecular weight excluding hydrogens is 456 g/mol. The molecule has 0 bridgehead atoms. The Bertz CT molecular complexity index is 1500. The highest BCUT2D eigenvalue weighted by atomic mass is 32.2. The number of non-ortho nitro benzene ring substituents is 1. The average molecular weight is 474 g/mol. The molecule has 0 unspecified atom stereocenters. The van der Waals surface area contributed by atoms with Gasteiger partial charge in [-0.2, -0.15) is 13.5 Å². The summed E-state index contributed by atoms with van der Waals surface area (Å²) in [5, 5.41) is 19.0. The number of amides is 1. The van der Waals surface area contributed by atoms with Gasteiger partial charge in [-0.1, -0.05) is 42.5 Å². The van der Waals surface area contributed by atoms with Crippen LogP contribution in [-0.4, -0.2) is 25.5 Å². The maximum absolute atomic E-state index is 12.5. The Kier molecular flexibility index (Phi) is 6.33. The van der Waals surface area contributed by atoms with E-state index in [0.717, 1.165) is 10.8 Å². The number of carbonyl (C=O) groups is 1. The van der Waals surface area contributed by atoms with Crippen LogP contribution in [0.3, 0.4) is 0 Å². The molecule has 0 fully saturated rings. The van der Waals surface area contributed by atoms with E-state index < -0.39 is 20.9 Å². The van der Waals surface area contributed by atoms with Gasteiger partial charge in [-0.15, -0.1) is 0 Å². The zero-order valence-corrected chi connectivity index (χ0v) is 18.4. The summed E-state index contributed by atoms with van der Waals surface area (Å²) in [4.78, 5) is 24.8. The van der Waals surface area contributed by atoms with Crippen molar-refractivity contribution in [1.82, 2.24) is 4.83 Å². The molecule has 4 aromatic rings. The van der Waals surface area contributed by atoms with Gasteiger partial charge in [-0.3, -0.25) is 14.9 Å². The van der Waals surface area contributed by atoms with Gasteiger partial charge in [0.2, 0.25) is 0 Å². The van der Waals surface area contributed by atoms with Crippen LogP contribution in [0.4, 0.5) is 11.4 Å². The number of fused-ring (bicyclic) bond motifs is 1. The largest absolute Gasteiger partial charge is 0.322 e. The summed E-state index contributed by atoms with van der Waals surface area (Å²) in [6.07, 6.45) is 1.35. The molecule has 0 aliphatic carbocycles. The maximum atomic E-state index is 12.5. The fraction of sp³-hybridized carbons (Fsp3) is 0. The Balaban J connectivity index is 1.38. The lowest BCUT2D eigenvalue weighted by molar-refractivity contribution is -0.384. The molecule has 1 amide bonds. The van der Waals surface area contributed by atoms with Crippen molar-refractivity contribution >= 4 is 44.3 Å². The van der Waals surface area contributed by atoms with Crippen molar-refractivity contribution in [3.05, 3.63) is 112 Å². The predicted molar refractivity (Wildman–Crippen MR) is 129 cm³/mol. The zero-order chi connectivity index (χ0) is 24.1. The highest BCUT2D eigenvalue weighted by Gasteiger charge is 2.13. The van der Waals surface area contributed by atoms with E-state index in [1.165, 1.54) is 36.5 Å². The molecule has 34 heavy (non-hydrogen) atoms. The Labute approximate surface area is 194 Å². The van der Waals surface area contributed by atoms with Crippen LogP contribution in [0.1, 0.15) is 15.9 Å². The molecule has 2 N–H and O–H groups in total. The van der Waals surface area contributed by atoms with E-state index in [0.29, 0.717) is 11.3 Å². The van der Waals surface area contributed by atoms with Gasteiger partial charge in [-0.05, 0) is 52.7 Å². The number of sulfonamides is 1. The van der Waals surface area contributed by atoms with E-state index in [-0.39, 0.29) is 16.1 Å². The second-order valence-corrected chi connectivity index (χ2v) is 8.90. The van der Waals surface area contributed by atoms with Crippen molar-refractivity contribution in [2.24, 2.45) is 5.10 Å². The first kappa shape index (κ1) is 22.6. The molecule has 0 saturated carbocycles. The highest BCUT2D eigenvalue weighted by Crippen LogP contribution is 2.19. The number of nitrogens with zero attached hydrogens (tertiary/aromatic N) is 2. The summed E-state index contributed by atoms with van der Waals surface area (Å²) in [6, 6.07) is 24.1. The third-order valence-electron chi connectivity index (χ3n) is 4.93. The van der Waals surface area contributed by atoms with Gasteiger partial charge >= 0.3 is 0 Å². The van der Waals surface area contributed by atoms with Gasteiger partial charge in [0.15, 0.2) is 0 Å². The van der Waals surface area contributed by atoms with Crippen molar-refractivity contribution in [2.45, 2.75) is 4.90 Å². The zero-order valence-electron chi connectivity index (χ0n) is 17.6. The van der Waals surface area contributed by atoms with Gasteiger partial charge in [0.05, 0.1) is 16.0 Å². The molecule has 0 aromatic heterocycles. The first-order valence-corrected chi connectivity index (χ1v) is 11.5. The normalized spacial score (nSPS) is 11.4. The number of nitro groups is 1. The Hall–Kier alpha value is -4.57. The summed E-state index contributed by atoms with van der Waals surface area (Å²) in [5.74, 6) is -0.417. The minimum absolute atomic E-state index is 0.101. The van der Waals surface area contributed by atoms with Crippen LogP contribution >= 0.6 is 0 Å². The number of nitro benzene ring substituents is 1. The van der Waals surface area contributed by atoms with Crippen LogP contribution in [0.2, 0.25) is 0 Å². The number of anilines is 1. The Morgan fingerprint density at radius 2 is 1.56 bits per heavy atom. The number of rotatable bonds is 7. The Morgan fingerprint density at radius 3 is 2.24 bits per heavy atom. The topological polar surface area (TPSA) is 131 Å². The molecule has 0 aliphatic heterocycles. The second-order valence-electron chi connectivity index (χ2n) is 7.24. The van der Waals surface area contributed by atoms with Crippen molar-refractivity contribution in [1.29, 1.82) is 0 Å². The van der Waals surface area contributed by atoms with Gasteiger partial charge in [0.1, 0.15) is 0 Å². The van der Waals surface area contributed by atoms with Crippen molar-refractivity contribution in [2.75, 3.05) is 5.32 Å². The number of hydrazone groups is 1. The van der Waals surface area contributed by atoms with Crippen molar-refractivity contribution in [3.8, 4) is 0 Å². The molecule has 0 spiro atoms. The van der Waals surface area contributed by atoms with Gasteiger partial charge < -0.3 is 5.32 Å². The SMILES string of the molecule is O=C(Nc1ccc(/C=N\NS(=O)(=O)c2ccc3ccccc3c2)cc1)c1ccc([N+](=O)[O-])cc1.